The number of amides is 1. The summed E-state index contributed by atoms with van der Waals surface area (Å²) in [6.45, 7) is 0. The van der Waals surface area contributed by atoms with Crippen LogP contribution in [-0.2, 0) is 7.05 Å². The van der Waals surface area contributed by atoms with Crippen molar-refractivity contribution in [2.24, 2.45) is 7.05 Å². The number of halogens is 1. The van der Waals surface area contributed by atoms with E-state index in [0.29, 0.717) is 5.69 Å². The molecule has 0 spiro atoms. The molecule has 2 aromatic carbocycles. The smallest absolute Gasteiger partial charge is 0.276 e. The van der Waals surface area contributed by atoms with Gasteiger partial charge in [0.1, 0.15) is 0 Å². The van der Waals surface area contributed by atoms with Crippen LogP contribution in [0.15, 0.2) is 53.1 Å². The number of aromatic nitrogens is 3. The third-order valence-corrected chi connectivity index (χ3v) is 4.36. The Balaban J connectivity index is 1.76. The maximum absolute atomic E-state index is 12.7. The molecule has 0 fully saturated rings. The zero-order valence-electron chi connectivity index (χ0n) is 12.3. The Morgan fingerprint density at radius 3 is 2.91 bits per heavy atom. The second-order valence-corrected chi connectivity index (χ2v) is 6.25. The van der Waals surface area contributed by atoms with Gasteiger partial charge in [-0.05, 0) is 24.3 Å². The lowest BCUT2D eigenvalue weighted by molar-refractivity contribution is 0.102. The average molecular weight is 369 g/mol. The number of rotatable bonds is 2. The summed E-state index contributed by atoms with van der Waals surface area (Å²) < 4.78 is 2.63. The second-order valence-electron chi connectivity index (χ2n) is 5.34. The molecule has 114 valence electrons. The van der Waals surface area contributed by atoms with Gasteiger partial charge in [0.2, 0.25) is 0 Å². The summed E-state index contributed by atoms with van der Waals surface area (Å²) in [7, 11) is 1.83. The average Bonchev–Trinajstić information content (AvgIpc) is 3.09. The number of hydrogen-bond acceptors (Lipinski definition) is 2. The van der Waals surface area contributed by atoms with Crippen molar-refractivity contribution < 1.29 is 4.79 Å². The third kappa shape index (κ3) is 2.31. The minimum Gasteiger partial charge on any atom is -0.359 e. The maximum atomic E-state index is 12.7. The minimum atomic E-state index is -0.224. The molecule has 2 N–H and O–H groups in total. The van der Waals surface area contributed by atoms with Gasteiger partial charge in [-0.2, -0.15) is 5.10 Å². The summed E-state index contributed by atoms with van der Waals surface area (Å²) in [6.07, 6.45) is 1.80. The number of aromatic amines is 1. The molecule has 4 rings (SSSR count). The van der Waals surface area contributed by atoms with Crippen molar-refractivity contribution in [2.45, 2.75) is 0 Å². The molecule has 0 aliphatic carbocycles. The first-order chi connectivity index (χ1) is 11.1. The van der Waals surface area contributed by atoms with E-state index in [1.165, 1.54) is 0 Å². The van der Waals surface area contributed by atoms with Gasteiger partial charge >= 0.3 is 0 Å². The number of aryl methyl sites for hydroxylation is 1. The van der Waals surface area contributed by atoms with Crippen LogP contribution in [0.5, 0.6) is 0 Å². The largest absolute Gasteiger partial charge is 0.359 e. The molecule has 0 unspecified atom stereocenters. The van der Waals surface area contributed by atoms with Crippen LogP contribution in [0.4, 0.5) is 5.69 Å². The van der Waals surface area contributed by atoms with E-state index in [2.05, 4.69) is 31.3 Å². The fourth-order valence-corrected chi connectivity index (χ4v) is 3.12. The first-order valence-electron chi connectivity index (χ1n) is 7.13. The summed E-state index contributed by atoms with van der Waals surface area (Å²) in [6, 6.07) is 13.6. The van der Waals surface area contributed by atoms with Crippen LogP contribution < -0.4 is 5.32 Å². The molecule has 1 amide bonds. The SMILES string of the molecule is Cn1nc(C(=O)Nc2c[nH]c3ccccc23)c2cc(Br)ccc21. The number of H-pyrrole nitrogens is 1. The number of nitrogens with one attached hydrogen (secondary N) is 2. The lowest BCUT2D eigenvalue weighted by atomic mass is 10.2. The summed E-state index contributed by atoms with van der Waals surface area (Å²) in [5, 5.41) is 9.10. The predicted octanol–water partition coefficient (Wildman–Crippen LogP) is 4.07. The Kier molecular flexibility index (Phi) is 3.20. The number of anilines is 1. The van der Waals surface area contributed by atoms with Crippen LogP contribution >= 0.6 is 15.9 Å². The minimum absolute atomic E-state index is 0.224. The molecule has 4 aromatic rings. The predicted molar refractivity (Wildman–Crippen MR) is 94.7 cm³/mol. The summed E-state index contributed by atoms with van der Waals surface area (Å²) >= 11 is 3.44. The van der Waals surface area contributed by atoms with Gasteiger partial charge in [-0.1, -0.05) is 34.1 Å². The molecule has 0 atom stereocenters. The van der Waals surface area contributed by atoms with Crippen LogP contribution in [0.2, 0.25) is 0 Å². The number of carbonyl (C=O) groups is 1. The lowest BCUT2D eigenvalue weighted by Gasteiger charge is -2.02. The fourth-order valence-electron chi connectivity index (χ4n) is 2.76. The van der Waals surface area contributed by atoms with E-state index < -0.39 is 0 Å². The molecule has 0 radical (unpaired) electrons. The van der Waals surface area contributed by atoms with Crippen molar-refractivity contribution in [3.8, 4) is 0 Å². The molecule has 0 saturated carbocycles. The molecule has 6 heteroatoms. The standard InChI is InChI=1S/C17H13BrN4O/c1-22-15-7-6-10(18)8-12(15)16(21-22)17(23)20-14-9-19-13-5-3-2-4-11(13)14/h2-9,19H,1H3,(H,20,23). The third-order valence-electron chi connectivity index (χ3n) is 3.86. The summed E-state index contributed by atoms with van der Waals surface area (Å²) in [4.78, 5) is 15.8. The van der Waals surface area contributed by atoms with Crippen molar-refractivity contribution in [3.05, 3.63) is 58.8 Å². The monoisotopic (exact) mass is 368 g/mol. The highest BCUT2D eigenvalue weighted by molar-refractivity contribution is 9.10. The number of hydrogen-bond donors (Lipinski definition) is 2. The lowest BCUT2D eigenvalue weighted by Crippen LogP contribution is -2.13. The molecular weight excluding hydrogens is 356 g/mol. The van der Waals surface area contributed by atoms with E-state index in [-0.39, 0.29) is 5.91 Å². The van der Waals surface area contributed by atoms with E-state index in [1.54, 1.807) is 10.9 Å². The van der Waals surface area contributed by atoms with Crippen LogP contribution in [0.25, 0.3) is 21.8 Å². The number of carbonyl (C=O) groups excluding carboxylic acids is 1. The number of benzene rings is 2. The van der Waals surface area contributed by atoms with E-state index in [4.69, 9.17) is 0 Å². The Morgan fingerprint density at radius 1 is 1.22 bits per heavy atom. The maximum Gasteiger partial charge on any atom is 0.276 e. The second kappa shape index (κ2) is 5.24. The van der Waals surface area contributed by atoms with E-state index >= 15 is 0 Å². The molecule has 5 nitrogen and oxygen atoms in total. The molecular formula is C17H13BrN4O. The number of fused-ring (bicyclic) bond motifs is 2. The zero-order valence-corrected chi connectivity index (χ0v) is 13.9. The topological polar surface area (TPSA) is 62.7 Å². The van der Waals surface area contributed by atoms with Crippen LogP contribution in [0.3, 0.4) is 0 Å². The first-order valence-corrected chi connectivity index (χ1v) is 7.92. The Labute approximate surface area is 140 Å². The number of nitrogens with zero attached hydrogens (tertiary/aromatic N) is 2. The van der Waals surface area contributed by atoms with E-state index in [1.807, 2.05) is 49.5 Å². The Morgan fingerprint density at radius 2 is 2.04 bits per heavy atom. The van der Waals surface area contributed by atoms with Crippen LogP contribution in [-0.4, -0.2) is 20.7 Å². The van der Waals surface area contributed by atoms with Gasteiger partial charge in [-0.3, -0.25) is 9.48 Å². The molecule has 0 aliphatic heterocycles. The van der Waals surface area contributed by atoms with Crippen molar-refractivity contribution >= 4 is 49.3 Å². The first kappa shape index (κ1) is 14.0. The van der Waals surface area contributed by atoms with Crippen molar-refractivity contribution in [3.63, 3.8) is 0 Å². The quantitative estimate of drug-likeness (QED) is 0.560. The highest BCUT2D eigenvalue weighted by Crippen LogP contribution is 2.26. The molecule has 0 bridgehead atoms. The van der Waals surface area contributed by atoms with Crippen molar-refractivity contribution in [1.29, 1.82) is 0 Å². The molecule has 2 heterocycles. The fraction of sp³-hybridized carbons (Fsp3) is 0.0588. The molecule has 0 aliphatic rings. The highest BCUT2D eigenvalue weighted by Gasteiger charge is 2.17. The van der Waals surface area contributed by atoms with Crippen LogP contribution in [0, 0.1) is 0 Å². The summed E-state index contributed by atoms with van der Waals surface area (Å²) in [5.41, 5.74) is 3.06. The van der Waals surface area contributed by atoms with Gasteiger partial charge in [0.15, 0.2) is 5.69 Å². The van der Waals surface area contributed by atoms with Gasteiger partial charge in [0.05, 0.1) is 11.2 Å². The molecule has 0 saturated heterocycles. The highest BCUT2D eigenvalue weighted by atomic mass is 79.9. The molecule has 2 aromatic heterocycles. The Hall–Kier alpha value is -2.60. The molecule has 23 heavy (non-hydrogen) atoms. The van der Waals surface area contributed by atoms with Crippen LogP contribution in [0.1, 0.15) is 10.5 Å². The Bertz CT molecular complexity index is 1050. The van der Waals surface area contributed by atoms with Gasteiger partial charge in [-0.25, -0.2) is 0 Å². The van der Waals surface area contributed by atoms with Gasteiger partial charge in [0, 0.05) is 34.0 Å². The normalized spacial score (nSPS) is 11.2. The summed E-state index contributed by atoms with van der Waals surface area (Å²) in [5.74, 6) is -0.224. The van der Waals surface area contributed by atoms with Gasteiger partial charge < -0.3 is 10.3 Å². The zero-order chi connectivity index (χ0) is 16.0. The van der Waals surface area contributed by atoms with E-state index in [9.17, 15) is 4.79 Å². The van der Waals surface area contributed by atoms with Crippen molar-refractivity contribution in [1.82, 2.24) is 14.8 Å². The van der Waals surface area contributed by atoms with Gasteiger partial charge in [-0.15, -0.1) is 0 Å². The van der Waals surface area contributed by atoms with Gasteiger partial charge in [0.25, 0.3) is 5.91 Å². The van der Waals surface area contributed by atoms with Crippen molar-refractivity contribution in [2.75, 3.05) is 5.32 Å². The number of para-hydroxylation sites is 1. The van der Waals surface area contributed by atoms with E-state index in [0.717, 1.165) is 32.0 Å².